The number of anilines is 1. The first-order valence-electron chi connectivity index (χ1n) is 5.17. The van der Waals surface area contributed by atoms with Crippen molar-refractivity contribution in [2.24, 2.45) is 0 Å². The van der Waals surface area contributed by atoms with E-state index in [0.717, 1.165) is 10.7 Å². The molecule has 17 heavy (non-hydrogen) atoms. The van der Waals surface area contributed by atoms with Gasteiger partial charge in [0.15, 0.2) is 0 Å². The minimum absolute atomic E-state index is 0.421. The second kappa shape index (κ2) is 4.94. The van der Waals surface area contributed by atoms with Gasteiger partial charge in [0.1, 0.15) is 17.4 Å². The van der Waals surface area contributed by atoms with Gasteiger partial charge in [-0.1, -0.05) is 11.6 Å². The Balaban J connectivity index is 2.09. The smallest absolute Gasteiger partial charge is 0.144 e. The van der Waals surface area contributed by atoms with Crippen LogP contribution in [0.5, 0.6) is 5.75 Å². The summed E-state index contributed by atoms with van der Waals surface area (Å²) in [5, 5.41) is 1.56. The van der Waals surface area contributed by atoms with Gasteiger partial charge in [-0.3, -0.25) is 0 Å². The number of aromatic nitrogens is 1. The van der Waals surface area contributed by atoms with Gasteiger partial charge in [-0.25, -0.2) is 4.98 Å². The number of benzene rings is 1. The molecule has 2 aromatic rings. The molecule has 2 N–H and O–H groups in total. The van der Waals surface area contributed by atoms with Crippen LogP contribution in [0.3, 0.4) is 0 Å². The van der Waals surface area contributed by atoms with Crippen LogP contribution >= 0.6 is 22.9 Å². The van der Waals surface area contributed by atoms with E-state index in [1.54, 1.807) is 29.5 Å². The van der Waals surface area contributed by atoms with Crippen molar-refractivity contribution in [1.29, 1.82) is 0 Å². The highest BCUT2D eigenvalue weighted by atomic mass is 35.5. The largest absolute Gasteiger partial charge is 0.484 e. The van der Waals surface area contributed by atoms with E-state index in [1.807, 2.05) is 13.8 Å². The maximum Gasteiger partial charge on any atom is 0.144 e. The summed E-state index contributed by atoms with van der Waals surface area (Å²) in [6, 6.07) is 5.18. The molecule has 0 atom stereocenters. The van der Waals surface area contributed by atoms with Crippen LogP contribution in [0.2, 0.25) is 5.02 Å². The van der Waals surface area contributed by atoms with Crippen molar-refractivity contribution in [3.8, 4) is 5.75 Å². The molecule has 0 fully saturated rings. The van der Waals surface area contributed by atoms with E-state index in [4.69, 9.17) is 22.1 Å². The Kier molecular flexibility index (Phi) is 3.54. The Labute approximate surface area is 109 Å². The van der Waals surface area contributed by atoms with Crippen molar-refractivity contribution in [3.05, 3.63) is 38.8 Å². The van der Waals surface area contributed by atoms with Gasteiger partial charge in [0.25, 0.3) is 0 Å². The molecule has 5 heteroatoms. The van der Waals surface area contributed by atoms with Crippen LogP contribution in [0.25, 0.3) is 0 Å². The summed E-state index contributed by atoms with van der Waals surface area (Å²) in [6.45, 7) is 4.46. The van der Waals surface area contributed by atoms with Crippen LogP contribution in [0.1, 0.15) is 15.6 Å². The zero-order valence-electron chi connectivity index (χ0n) is 9.66. The van der Waals surface area contributed by atoms with Crippen molar-refractivity contribution in [2.75, 3.05) is 5.73 Å². The molecule has 0 aliphatic heterocycles. The summed E-state index contributed by atoms with van der Waals surface area (Å²) in [5.74, 6) is 0.600. The van der Waals surface area contributed by atoms with Crippen LogP contribution in [-0.4, -0.2) is 4.98 Å². The average Bonchev–Trinajstić information content (AvgIpc) is 2.60. The second-order valence-corrected chi connectivity index (χ2v) is 5.44. The molecule has 0 amide bonds. The lowest BCUT2D eigenvalue weighted by molar-refractivity contribution is 0.307. The molecule has 1 aromatic heterocycles. The summed E-state index contributed by atoms with van der Waals surface area (Å²) >= 11 is 7.51. The normalized spacial score (nSPS) is 10.5. The molecule has 0 aliphatic carbocycles. The molecule has 0 unspecified atom stereocenters. The lowest BCUT2D eigenvalue weighted by Crippen LogP contribution is -1.98. The number of aryl methyl sites for hydroxylation is 2. The van der Waals surface area contributed by atoms with Gasteiger partial charge >= 0.3 is 0 Å². The third-order valence-electron chi connectivity index (χ3n) is 2.40. The lowest BCUT2D eigenvalue weighted by atomic mass is 10.3. The van der Waals surface area contributed by atoms with E-state index in [9.17, 15) is 0 Å². The van der Waals surface area contributed by atoms with E-state index in [-0.39, 0.29) is 0 Å². The van der Waals surface area contributed by atoms with Gasteiger partial charge in [0, 0.05) is 16.0 Å². The van der Waals surface area contributed by atoms with E-state index < -0.39 is 0 Å². The molecule has 3 nitrogen and oxygen atoms in total. The lowest BCUT2D eigenvalue weighted by Gasteiger charge is -2.07. The Morgan fingerprint density at radius 2 is 2.18 bits per heavy atom. The molecule has 1 heterocycles. The number of nitrogen functional groups attached to an aromatic ring is 1. The highest BCUT2D eigenvalue weighted by molar-refractivity contribution is 7.11. The Bertz CT molecular complexity index is 520. The van der Waals surface area contributed by atoms with E-state index >= 15 is 0 Å². The van der Waals surface area contributed by atoms with Crippen molar-refractivity contribution < 1.29 is 4.74 Å². The molecule has 0 saturated heterocycles. The molecular weight excluding hydrogens is 256 g/mol. The van der Waals surface area contributed by atoms with E-state index in [1.165, 1.54) is 4.88 Å². The second-order valence-electron chi connectivity index (χ2n) is 3.72. The van der Waals surface area contributed by atoms with Crippen LogP contribution in [0, 0.1) is 13.8 Å². The van der Waals surface area contributed by atoms with Crippen molar-refractivity contribution >= 4 is 28.6 Å². The summed E-state index contributed by atoms with van der Waals surface area (Å²) < 4.78 is 5.61. The van der Waals surface area contributed by atoms with Crippen molar-refractivity contribution in [3.63, 3.8) is 0 Å². The summed E-state index contributed by atoms with van der Waals surface area (Å²) in [4.78, 5) is 5.61. The van der Waals surface area contributed by atoms with Crippen molar-refractivity contribution in [2.45, 2.75) is 20.5 Å². The number of nitrogens with zero attached hydrogens (tertiary/aromatic N) is 1. The van der Waals surface area contributed by atoms with Gasteiger partial charge in [-0.2, -0.15) is 0 Å². The highest BCUT2D eigenvalue weighted by Crippen LogP contribution is 2.27. The van der Waals surface area contributed by atoms with Gasteiger partial charge in [-0.05, 0) is 26.0 Å². The van der Waals surface area contributed by atoms with Crippen LogP contribution in [0.4, 0.5) is 5.69 Å². The van der Waals surface area contributed by atoms with Crippen molar-refractivity contribution in [1.82, 2.24) is 4.98 Å². The first kappa shape index (κ1) is 12.2. The van der Waals surface area contributed by atoms with E-state index in [0.29, 0.717) is 23.1 Å². The number of nitrogens with two attached hydrogens (primary N) is 1. The average molecular weight is 269 g/mol. The molecule has 0 radical (unpaired) electrons. The predicted molar refractivity (Wildman–Crippen MR) is 71.8 cm³/mol. The third-order valence-corrected chi connectivity index (χ3v) is 3.68. The minimum atomic E-state index is 0.421. The third kappa shape index (κ3) is 2.90. The zero-order chi connectivity index (χ0) is 12.4. The van der Waals surface area contributed by atoms with Gasteiger partial charge in [0.2, 0.25) is 0 Å². The van der Waals surface area contributed by atoms with Gasteiger partial charge in [-0.15, -0.1) is 11.3 Å². The topological polar surface area (TPSA) is 48.1 Å². The highest BCUT2D eigenvalue weighted by Gasteiger charge is 2.06. The number of ether oxygens (including phenoxy) is 1. The number of rotatable bonds is 3. The Hall–Kier alpha value is -1.26. The van der Waals surface area contributed by atoms with Crippen LogP contribution < -0.4 is 10.5 Å². The Morgan fingerprint density at radius 3 is 2.82 bits per heavy atom. The van der Waals surface area contributed by atoms with Crippen LogP contribution in [-0.2, 0) is 6.61 Å². The van der Waals surface area contributed by atoms with Crippen LogP contribution in [0.15, 0.2) is 18.2 Å². The maximum atomic E-state index is 5.88. The standard InChI is InChI=1S/C12H13ClN2OS/c1-7-8(2)17-12(15-7)6-16-11-5-9(13)3-4-10(11)14/h3-5H,6,14H2,1-2H3. The molecule has 2 rings (SSSR count). The monoisotopic (exact) mass is 268 g/mol. The van der Waals surface area contributed by atoms with E-state index in [2.05, 4.69) is 4.98 Å². The molecule has 90 valence electrons. The number of halogens is 1. The summed E-state index contributed by atoms with van der Waals surface area (Å²) in [7, 11) is 0. The molecule has 0 aliphatic rings. The first-order valence-corrected chi connectivity index (χ1v) is 6.36. The minimum Gasteiger partial charge on any atom is -0.484 e. The Morgan fingerprint density at radius 1 is 1.41 bits per heavy atom. The first-order chi connectivity index (χ1) is 8.06. The number of hydrogen-bond acceptors (Lipinski definition) is 4. The molecule has 1 aromatic carbocycles. The molecule has 0 spiro atoms. The fraction of sp³-hybridized carbons (Fsp3) is 0.250. The zero-order valence-corrected chi connectivity index (χ0v) is 11.2. The fourth-order valence-corrected chi connectivity index (χ4v) is 2.38. The summed E-state index contributed by atoms with van der Waals surface area (Å²) in [6.07, 6.45) is 0. The fourth-order valence-electron chi connectivity index (χ4n) is 1.37. The molecule has 0 saturated carbocycles. The quantitative estimate of drug-likeness (QED) is 0.866. The maximum absolute atomic E-state index is 5.88. The number of thiazole rings is 1. The van der Waals surface area contributed by atoms with Gasteiger partial charge < -0.3 is 10.5 Å². The molecule has 0 bridgehead atoms. The number of hydrogen-bond donors (Lipinski definition) is 1. The molecular formula is C12H13ClN2OS. The predicted octanol–water partition coefficient (Wildman–Crippen LogP) is 3.57. The summed E-state index contributed by atoms with van der Waals surface area (Å²) in [5.41, 5.74) is 7.42. The van der Waals surface area contributed by atoms with Gasteiger partial charge in [0.05, 0.1) is 11.4 Å². The SMILES string of the molecule is Cc1nc(COc2cc(Cl)ccc2N)sc1C.